The van der Waals surface area contributed by atoms with Crippen LogP contribution in [0, 0.1) is 0 Å². The average molecular weight is 264 g/mol. The van der Waals surface area contributed by atoms with Crippen molar-refractivity contribution in [1.29, 1.82) is 0 Å². The Labute approximate surface area is 114 Å². The van der Waals surface area contributed by atoms with Crippen LogP contribution in [0.2, 0.25) is 19.6 Å². The lowest BCUT2D eigenvalue weighted by Crippen LogP contribution is -2.37. The van der Waals surface area contributed by atoms with Gasteiger partial charge in [0.25, 0.3) is 0 Å². The molecule has 0 amide bonds. The Balaban J connectivity index is 2.27. The van der Waals surface area contributed by atoms with Gasteiger partial charge < -0.3 is 4.74 Å². The van der Waals surface area contributed by atoms with Gasteiger partial charge in [0.2, 0.25) is 0 Å². The molecule has 0 aromatic heterocycles. The van der Waals surface area contributed by atoms with E-state index in [1.807, 2.05) is 0 Å². The summed E-state index contributed by atoms with van der Waals surface area (Å²) in [7, 11) is -1.15. The van der Waals surface area contributed by atoms with Crippen LogP contribution in [-0.2, 0) is 11.3 Å². The van der Waals surface area contributed by atoms with E-state index in [1.54, 1.807) is 0 Å². The first kappa shape index (κ1) is 15.5. The Bertz CT molecular complexity index is 324. The number of ether oxygens (including phenoxy) is 1. The maximum absolute atomic E-state index is 5.70. The Morgan fingerprint density at radius 3 is 2.17 bits per heavy atom. The molecular formula is C16H28OSi. The van der Waals surface area contributed by atoms with Crippen LogP contribution in [0.3, 0.4) is 0 Å². The summed E-state index contributed by atoms with van der Waals surface area (Å²) in [5, 5.41) is 1.52. The highest BCUT2D eigenvalue weighted by molar-refractivity contribution is 6.88. The fraction of sp³-hybridized carbons (Fsp3) is 0.625. The fourth-order valence-corrected chi connectivity index (χ4v) is 3.09. The normalized spacial score (nSPS) is 11.8. The number of hydrogen-bond acceptors (Lipinski definition) is 1. The molecule has 0 atom stereocenters. The molecule has 0 N–H and O–H groups in total. The topological polar surface area (TPSA) is 9.23 Å². The van der Waals surface area contributed by atoms with Crippen molar-refractivity contribution in [2.75, 3.05) is 6.61 Å². The van der Waals surface area contributed by atoms with E-state index in [0.29, 0.717) is 0 Å². The minimum atomic E-state index is -1.15. The van der Waals surface area contributed by atoms with E-state index in [-0.39, 0.29) is 0 Å². The molecule has 0 heterocycles. The molecule has 1 aromatic rings. The average Bonchev–Trinajstić information content (AvgIpc) is 2.33. The van der Waals surface area contributed by atoms with E-state index in [4.69, 9.17) is 4.74 Å². The zero-order valence-electron chi connectivity index (χ0n) is 12.5. The second kappa shape index (κ2) is 7.75. The van der Waals surface area contributed by atoms with Crippen molar-refractivity contribution < 1.29 is 4.74 Å². The van der Waals surface area contributed by atoms with E-state index in [9.17, 15) is 0 Å². The molecule has 0 spiro atoms. The van der Waals surface area contributed by atoms with Gasteiger partial charge in [0.1, 0.15) is 0 Å². The van der Waals surface area contributed by atoms with Crippen LogP contribution in [0.25, 0.3) is 0 Å². The molecule has 0 unspecified atom stereocenters. The van der Waals surface area contributed by atoms with Crippen molar-refractivity contribution >= 4 is 13.3 Å². The van der Waals surface area contributed by atoms with Crippen LogP contribution in [-0.4, -0.2) is 14.7 Å². The SMILES string of the molecule is CCCCCCOCc1ccc([Si](C)(C)C)cc1. The van der Waals surface area contributed by atoms with Crippen LogP contribution in [0.5, 0.6) is 0 Å². The largest absolute Gasteiger partial charge is 0.377 e. The Morgan fingerprint density at radius 2 is 1.61 bits per heavy atom. The predicted molar refractivity (Wildman–Crippen MR) is 83.2 cm³/mol. The van der Waals surface area contributed by atoms with Gasteiger partial charge in [-0.1, -0.05) is 75.3 Å². The number of benzene rings is 1. The molecule has 102 valence electrons. The first-order valence-corrected chi connectivity index (χ1v) is 10.7. The quantitative estimate of drug-likeness (QED) is 0.501. The Morgan fingerprint density at radius 1 is 0.944 bits per heavy atom. The Hall–Kier alpha value is -0.603. The van der Waals surface area contributed by atoms with E-state index in [0.717, 1.165) is 13.2 Å². The first-order chi connectivity index (χ1) is 8.54. The molecule has 1 nitrogen and oxygen atoms in total. The van der Waals surface area contributed by atoms with Crippen LogP contribution in [0.15, 0.2) is 24.3 Å². The van der Waals surface area contributed by atoms with Crippen molar-refractivity contribution in [3.63, 3.8) is 0 Å². The molecule has 0 saturated carbocycles. The fourth-order valence-electron chi connectivity index (χ4n) is 1.92. The highest BCUT2D eigenvalue weighted by atomic mass is 28.3. The second-order valence-electron chi connectivity index (χ2n) is 6.06. The zero-order valence-corrected chi connectivity index (χ0v) is 13.5. The van der Waals surface area contributed by atoms with E-state index < -0.39 is 8.07 Å². The predicted octanol–water partition coefficient (Wildman–Crippen LogP) is 4.33. The molecule has 0 radical (unpaired) electrons. The molecule has 0 aliphatic heterocycles. The van der Waals surface area contributed by atoms with Crippen LogP contribution in [0.4, 0.5) is 0 Å². The lowest BCUT2D eigenvalue weighted by Gasteiger charge is -2.16. The minimum Gasteiger partial charge on any atom is -0.377 e. The number of unbranched alkanes of at least 4 members (excludes halogenated alkanes) is 3. The van der Waals surface area contributed by atoms with E-state index >= 15 is 0 Å². The number of rotatable bonds is 8. The van der Waals surface area contributed by atoms with Crippen LogP contribution < -0.4 is 5.19 Å². The summed E-state index contributed by atoms with van der Waals surface area (Å²) in [5.74, 6) is 0. The minimum absolute atomic E-state index is 0.762. The third-order valence-electron chi connectivity index (χ3n) is 3.23. The van der Waals surface area contributed by atoms with Gasteiger partial charge in [0.05, 0.1) is 14.7 Å². The highest BCUT2D eigenvalue weighted by Crippen LogP contribution is 2.06. The third-order valence-corrected chi connectivity index (χ3v) is 5.30. The first-order valence-electron chi connectivity index (χ1n) is 7.21. The third kappa shape index (κ3) is 5.83. The smallest absolute Gasteiger partial charge is 0.0775 e. The molecular weight excluding hydrogens is 236 g/mol. The van der Waals surface area contributed by atoms with Crippen molar-refractivity contribution in [3.05, 3.63) is 29.8 Å². The summed E-state index contributed by atoms with van der Waals surface area (Å²) in [6.07, 6.45) is 5.11. The van der Waals surface area contributed by atoms with Gasteiger partial charge >= 0.3 is 0 Å². The lowest BCUT2D eigenvalue weighted by atomic mass is 10.2. The van der Waals surface area contributed by atoms with E-state index in [2.05, 4.69) is 50.8 Å². The van der Waals surface area contributed by atoms with Gasteiger partial charge in [0.15, 0.2) is 0 Å². The van der Waals surface area contributed by atoms with Crippen molar-refractivity contribution in [2.24, 2.45) is 0 Å². The van der Waals surface area contributed by atoms with Gasteiger partial charge in [-0.25, -0.2) is 0 Å². The van der Waals surface area contributed by atoms with Crippen molar-refractivity contribution in [3.8, 4) is 0 Å². The molecule has 0 bridgehead atoms. The maximum Gasteiger partial charge on any atom is 0.0775 e. The summed E-state index contributed by atoms with van der Waals surface area (Å²) in [6, 6.07) is 9.00. The van der Waals surface area contributed by atoms with Gasteiger partial charge in [-0.15, -0.1) is 0 Å². The standard InChI is InChI=1S/C16H28OSi/c1-5-6-7-8-13-17-14-15-9-11-16(12-10-15)18(2,3)4/h9-12H,5-8,13-14H2,1-4H3. The molecule has 2 heteroatoms. The summed E-state index contributed by atoms with van der Waals surface area (Å²) in [6.45, 7) is 11.0. The molecule has 0 saturated heterocycles. The van der Waals surface area contributed by atoms with E-state index in [1.165, 1.54) is 36.4 Å². The van der Waals surface area contributed by atoms with Gasteiger partial charge in [-0.3, -0.25) is 0 Å². The summed E-state index contributed by atoms with van der Waals surface area (Å²) in [5.41, 5.74) is 1.30. The zero-order chi connectivity index (χ0) is 13.4. The number of hydrogen-bond donors (Lipinski definition) is 0. The summed E-state index contributed by atoms with van der Waals surface area (Å²) >= 11 is 0. The molecule has 0 fully saturated rings. The lowest BCUT2D eigenvalue weighted by molar-refractivity contribution is 0.117. The second-order valence-corrected chi connectivity index (χ2v) is 11.1. The molecule has 0 aliphatic carbocycles. The molecule has 18 heavy (non-hydrogen) atoms. The monoisotopic (exact) mass is 264 g/mol. The van der Waals surface area contributed by atoms with Gasteiger partial charge in [-0.05, 0) is 12.0 Å². The van der Waals surface area contributed by atoms with Crippen LogP contribution >= 0.6 is 0 Å². The summed E-state index contributed by atoms with van der Waals surface area (Å²) in [4.78, 5) is 0. The maximum atomic E-state index is 5.70. The highest BCUT2D eigenvalue weighted by Gasteiger charge is 2.15. The molecule has 1 aromatic carbocycles. The molecule has 1 rings (SSSR count). The van der Waals surface area contributed by atoms with Gasteiger partial charge in [0, 0.05) is 6.61 Å². The summed E-state index contributed by atoms with van der Waals surface area (Å²) < 4.78 is 5.70. The molecule has 0 aliphatic rings. The van der Waals surface area contributed by atoms with Crippen molar-refractivity contribution in [2.45, 2.75) is 58.9 Å². The van der Waals surface area contributed by atoms with Gasteiger partial charge in [-0.2, -0.15) is 0 Å². The van der Waals surface area contributed by atoms with Crippen molar-refractivity contribution in [1.82, 2.24) is 0 Å². The Kier molecular flexibility index (Phi) is 6.65. The van der Waals surface area contributed by atoms with Crippen LogP contribution in [0.1, 0.15) is 38.2 Å².